The van der Waals surface area contributed by atoms with Crippen LogP contribution in [0, 0.1) is 10.1 Å². The van der Waals surface area contributed by atoms with Crippen LogP contribution in [0.1, 0.15) is 16.8 Å². The van der Waals surface area contributed by atoms with Gasteiger partial charge in [0.25, 0.3) is 11.6 Å². The van der Waals surface area contributed by atoms with Crippen LogP contribution in [0.5, 0.6) is 0 Å². The van der Waals surface area contributed by atoms with E-state index in [0.717, 1.165) is 19.5 Å². The van der Waals surface area contributed by atoms with Gasteiger partial charge in [-0.25, -0.2) is 4.98 Å². The number of aromatic nitrogens is 2. The summed E-state index contributed by atoms with van der Waals surface area (Å²) in [6.45, 7) is 1.44. The molecule has 0 N–H and O–H groups in total. The molecule has 0 aliphatic carbocycles. The van der Waals surface area contributed by atoms with Crippen molar-refractivity contribution in [3.8, 4) is 5.69 Å². The molecule has 0 unspecified atom stereocenters. The van der Waals surface area contributed by atoms with E-state index in [1.54, 1.807) is 34.0 Å². The van der Waals surface area contributed by atoms with Crippen LogP contribution in [-0.4, -0.2) is 38.4 Å². The Kier molecular flexibility index (Phi) is 2.94. The molecule has 0 spiro atoms. The van der Waals surface area contributed by atoms with Crippen LogP contribution in [-0.2, 0) is 0 Å². The third-order valence-electron chi connectivity index (χ3n) is 3.34. The summed E-state index contributed by atoms with van der Waals surface area (Å²) >= 11 is 0. The molecule has 0 saturated carbocycles. The summed E-state index contributed by atoms with van der Waals surface area (Å²) in [4.78, 5) is 28.3. The second-order valence-electron chi connectivity index (χ2n) is 4.58. The Morgan fingerprint density at radius 1 is 1.35 bits per heavy atom. The second-order valence-corrected chi connectivity index (χ2v) is 4.58. The lowest BCUT2D eigenvalue weighted by Gasteiger charge is -2.30. The van der Waals surface area contributed by atoms with Gasteiger partial charge in [-0.3, -0.25) is 14.9 Å². The number of benzene rings is 1. The molecule has 0 atom stereocenters. The average Bonchev–Trinajstić information content (AvgIpc) is 2.89. The van der Waals surface area contributed by atoms with Gasteiger partial charge < -0.3 is 9.47 Å². The van der Waals surface area contributed by atoms with E-state index in [2.05, 4.69) is 4.98 Å². The number of likely N-dealkylation sites (tertiary alicyclic amines) is 1. The highest BCUT2D eigenvalue weighted by atomic mass is 16.6. The fourth-order valence-corrected chi connectivity index (χ4v) is 2.12. The molecule has 1 aromatic carbocycles. The van der Waals surface area contributed by atoms with E-state index >= 15 is 0 Å². The van der Waals surface area contributed by atoms with Crippen molar-refractivity contribution in [2.75, 3.05) is 13.1 Å². The average molecular weight is 272 g/mol. The van der Waals surface area contributed by atoms with Gasteiger partial charge in [0.2, 0.25) is 0 Å². The van der Waals surface area contributed by atoms with Crippen LogP contribution in [0.2, 0.25) is 0 Å². The molecule has 3 rings (SSSR count). The molecule has 1 aromatic heterocycles. The van der Waals surface area contributed by atoms with Crippen LogP contribution in [0.3, 0.4) is 0 Å². The molecule has 1 aliphatic heterocycles. The fraction of sp³-hybridized carbons (Fsp3) is 0.231. The van der Waals surface area contributed by atoms with Gasteiger partial charge in [0.1, 0.15) is 5.69 Å². The Morgan fingerprint density at radius 3 is 2.70 bits per heavy atom. The fourth-order valence-electron chi connectivity index (χ4n) is 2.12. The first-order valence-electron chi connectivity index (χ1n) is 6.23. The quantitative estimate of drug-likeness (QED) is 0.628. The highest BCUT2D eigenvalue weighted by Gasteiger charge is 2.24. The number of imidazole rings is 1. The van der Waals surface area contributed by atoms with E-state index in [1.165, 1.54) is 12.4 Å². The molecule has 2 aromatic rings. The number of hydrogen-bond donors (Lipinski definition) is 0. The molecule has 1 fully saturated rings. The molecule has 20 heavy (non-hydrogen) atoms. The summed E-state index contributed by atoms with van der Waals surface area (Å²) in [6, 6.07) is 4.52. The topological polar surface area (TPSA) is 81.3 Å². The summed E-state index contributed by atoms with van der Waals surface area (Å²) in [5, 5.41) is 11.2. The number of nitro groups is 1. The van der Waals surface area contributed by atoms with Gasteiger partial charge in [-0.15, -0.1) is 0 Å². The minimum Gasteiger partial charge on any atom is -0.339 e. The van der Waals surface area contributed by atoms with Gasteiger partial charge in [-0.05, 0) is 18.6 Å². The molecule has 0 bridgehead atoms. The Labute approximate surface area is 114 Å². The Bertz CT molecular complexity index is 662. The molecular formula is C13H12N4O3. The van der Waals surface area contributed by atoms with E-state index in [-0.39, 0.29) is 11.6 Å². The molecule has 1 saturated heterocycles. The zero-order valence-electron chi connectivity index (χ0n) is 10.6. The minimum atomic E-state index is -0.484. The molecule has 1 amide bonds. The maximum atomic E-state index is 12.1. The van der Waals surface area contributed by atoms with Gasteiger partial charge in [-0.1, -0.05) is 0 Å². The number of nitrogens with zero attached hydrogens (tertiary/aromatic N) is 4. The van der Waals surface area contributed by atoms with Gasteiger partial charge in [-0.2, -0.15) is 0 Å². The van der Waals surface area contributed by atoms with Crippen LogP contribution in [0.4, 0.5) is 5.69 Å². The Balaban J connectivity index is 2.01. The zero-order chi connectivity index (χ0) is 14.1. The first-order chi connectivity index (χ1) is 9.66. The molecule has 102 valence electrons. The largest absolute Gasteiger partial charge is 0.339 e. The van der Waals surface area contributed by atoms with E-state index in [9.17, 15) is 14.9 Å². The van der Waals surface area contributed by atoms with Crippen LogP contribution in [0.15, 0.2) is 36.9 Å². The number of carbonyl (C=O) groups excluding carboxylic acids is 1. The van der Waals surface area contributed by atoms with E-state index < -0.39 is 4.92 Å². The van der Waals surface area contributed by atoms with Crippen LogP contribution >= 0.6 is 0 Å². The minimum absolute atomic E-state index is 0.102. The molecule has 1 aliphatic rings. The summed E-state index contributed by atoms with van der Waals surface area (Å²) in [6.07, 6.45) is 5.64. The third-order valence-corrected chi connectivity index (χ3v) is 3.34. The van der Waals surface area contributed by atoms with Gasteiger partial charge in [0, 0.05) is 37.1 Å². The normalized spacial score (nSPS) is 13.9. The van der Waals surface area contributed by atoms with Gasteiger partial charge >= 0.3 is 0 Å². The predicted octanol–water partition coefficient (Wildman–Crippen LogP) is 1.63. The van der Waals surface area contributed by atoms with Crippen molar-refractivity contribution < 1.29 is 9.72 Å². The van der Waals surface area contributed by atoms with Gasteiger partial charge in [0.15, 0.2) is 0 Å². The van der Waals surface area contributed by atoms with Crippen molar-refractivity contribution >= 4 is 11.6 Å². The summed E-state index contributed by atoms with van der Waals surface area (Å²) < 4.78 is 1.55. The Morgan fingerprint density at radius 2 is 2.15 bits per heavy atom. The Hall–Kier alpha value is -2.70. The maximum absolute atomic E-state index is 12.1. The van der Waals surface area contributed by atoms with E-state index in [0.29, 0.717) is 11.3 Å². The van der Waals surface area contributed by atoms with Crippen LogP contribution in [0.25, 0.3) is 5.69 Å². The third kappa shape index (κ3) is 2.03. The van der Waals surface area contributed by atoms with Crippen molar-refractivity contribution in [2.24, 2.45) is 0 Å². The summed E-state index contributed by atoms with van der Waals surface area (Å²) in [7, 11) is 0. The van der Waals surface area contributed by atoms with Crippen molar-refractivity contribution in [1.29, 1.82) is 0 Å². The number of rotatable bonds is 3. The highest BCUT2D eigenvalue weighted by molar-refractivity contribution is 5.95. The first-order valence-corrected chi connectivity index (χ1v) is 6.23. The van der Waals surface area contributed by atoms with Crippen molar-refractivity contribution in [1.82, 2.24) is 14.5 Å². The predicted molar refractivity (Wildman–Crippen MR) is 70.7 cm³/mol. The standard InChI is InChI=1S/C13H12N4O3/c18-13(15-5-1-6-15)10-2-3-11(12(8-10)17(19)20)16-7-4-14-9-16/h2-4,7-9H,1,5-6H2. The van der Waals surface area contributed by atoms with Crippen molar-refractivity contribution in [2.45, 2.75) is 6.42 Å². The molecule has 0 radical (unpaired) electrons. The number of carbonyl (C=O) groups is 1. The molecule has 7 heteroatoms. The lowest BCUT2D eigenvalue weighted by atomic mass is 10.1. The molecular weight excluding hydrogens is 260 g/mol. The van der Waals surface area contributed by atoms with E-state index in [1.807, 2.05) is 0 Å². The maximum Gasteiger partial charge on any atom is 0.294 e. The smallest absolute Gasteiger partial charge is 0.294 e. The zero-order valence-corrected chi connectivity index (χ0v) is 10.6. The summed E-state index contributed by atoms with van der Waals surface area (Å²) in [5.74, 6) is -0.156. The highest BCUT2D eigenvalue weighted by Crippen LogP contribution is 2.25. The van der Waals surface area contributed by atoms with Crippen molar-refractivity contribution in [3.63, 3.8) is 0 Å². The number of nitro benzene ring substituents is 1. The lowest BCUT2D eigenvalue weighted by molar-refractivity contribution is -0.384. The SMILES string of the molecule is O=C(c1ccc(-n2ccnc2)c([N+](=O)[O-])c1)N1CCC1. The first kappa shape index (κ1) is 12.3. The van der Waals surface area contributed by atoms with Crippen LogP contribution < -0.4 is 0 Å². The molecule has 2 heterocycles. The number of amides is 1. The molecule has 7 nitrogen and oxygen atoms in total. The van der Waals surface area contributed by atoms with Gasteiger partial charge in [0.05, 0.1) is 11.3 Å². The van der Waals surface area contributed by atoms with E-state index in [4.69, 9.17) is 0 Å². The number of hydrogen-bond acceptors (Lipinski definition) is 4. The monoisotopic (exact) mass is 272 g/mol. The lowest BCUT2D eigenvalue weighted by Crippen LogP contribution is -2.42. The summed E-state index contributed by atoms with van der Waals surface area (Å²) in [5.41, 5.74) is 0.641. The second kappa shape index (κ2) is 4.76. The van der Waals surface area contributed by atoms with Crippen molar-refractivity contribution in [3.05, 3.63) is 52.6 Å².